The van der Waals surface area contributed by atoms with Crippen LogP contribution in [0.15, 0.2) is 54.6 Å². The highest BCUT2D eigenvalue weighted by Crippen LogP contribution is 2.24. The highest BCUT2D eigenvalue weighted by molar-refractivity contribution is 7.89. The number of carbonyl (C=O) groups is 2. The Morgan fingerprint density at radius 3 is 2.46 bits per heavy atom. The lowest BCUT2D eigenvalue weighted by atomic mass is 9.97. The number of benzene rings is 2. The lowest BCUT2D eigenvalue weighted by Crippen LogP contribution is -2.44. The van der Waals surface area contributed by atoms with Crippen molar-refractivity contribution in [3.63, 3.8) is 0 Å². The Bertz CT molecular complexity index is 957. The van der Waals surface area contributed by atoms with Gasteiger partial charge in [-0.3, -0.25) is 9.59 Å². The first kappa shape index (κ1) is 20.2. The molecule has 0 spiro atoms. The summed E-state index contributed by atoms with van der Waals surface area (Å²) in [4.78, 5) is 25.6. The van der Waals surface area contributed by atoms with Gasteiger partial charge >= 0.3 is 0 Å². The van der Waals surface area contributed by atoms with Crippen molar-refractivity contribution in [2.45, 2.75) is 19.8 Å². The number of sulfonamides is 1. The highest BCUT2D eigenvalue weighted by atomic mass is 32.2. The Morgan fingerprint density at radius 2 is 1.75 bits per heavy atom. The number of hydrogen-bond donors (Lipinski definition) is 1. The van der Waals surface area contributed by atoms with Gasteiger partial charge in [-0.25, -0.2) is 12.7 Å². The van der Waals surface area contributed by atoms with Crippen LogP contribution in [0.5, 0.6) is 0 Å². The van der Waals surface area contributed by atoms with Crippen LogP contribution in [-0.4, -0.2) is 43.3 Å². The van der Waals surface area contributed by atoms with Crippen LogP contribution in [0.2, 0.25) is 0 Å². The summed E-state index contributed by atoms with van der Waals surface area (Å²) in [5.41, 5.74) is 1.40. The van der Waals surface area contributed by atoms with Gasteiger partial charge in [0.2, 0.25) is 15.9 Å². The molecule has 0 radical (unpaired) electrons. The van der Waals surface area contributed by atoms with Gasteiger partial charge in [-0.1, -0.05) is 42.5 Å². The largest absolute Gasteiger partial charge is 0.325 e. The number of nitrogens with one attached hydrogen (secondary N) is 1. The third kappa shape index (κ3) is 4.48. The zero-order valence-electron chi connectivity index (χ0n) is 15.8. The first-order chi connectivity index (χ1) is 13.4. The molecule has 0 aromatic heterocycles. The van der Waals surface area contributed by atoms with Crippen molar-refractivity contribution >= 4 is 27.4 Å². The van der Waals surface area contributed by atoms with Crippen LogP contribution in [0.25, 0.3) is 0 Å². The van der Waals surface area contributed by atoms with Gasteiger partial charge in [-0.15, -0.1) is 0 Å². The number of para-hydroxylation sites is 1. The fourth-order valence-corrected chi connectivity index (χ4v) is 4.54. The zero-order chi connectivity index (χ0) is 20.1. The number of carbonyl (C=O) groups excluding carboxylic acids is 2. The van der Waals surface area contributed by atoms with E-state index in [2.05, 4.69) is 5.32 Å². The molecule has 0 saturated carbocycles. The van der Waals surface area contributed by atoms with E-state index in [4.69, 9.17) is 0 Å². The fourth-order valence-electron chi connectivity index (χ4n) is 3.36. The molecule has 2 aromatic rings. The second-order valence-electron chi connectivity index (χ2n) is 6.83. The summed E-state index contributed by atoms with van der Waals surface area (Å²) >= 11 is 0. The van der Waals surface area contributed by atoms with E-state index in [1.165, 1.54) is 4.31 Å². The van der Waals surface area contributed by atoms with E-state index >= 15 is 0 Å². The van der Waals surface area contributed by atoms with Gasteiger partial charge in [-0.2, -0.15) is 0 Å². The monoisotopic (exact) mass is 400 g/mol. The second kappa shape index (κ2) is 8.67. The summed E-state index contributed by atoms with van der Waals surface area (Å²) in [6.45, 7) is 2.23. The van der Waals surface area contributed by atoms with E-state index in [0.29, 0.717) is 36.2 Å². The van der Waals surface area contributed by atoms with E-state index < -0.39 is 15.9 Å². The zero-order valence-corrected chi connectivity index (χ0v) is 16.6. The quantitative estimate of drug-likeness (QED) is 0.756. The molecule has 7 heteroatoms. The summed E-state index contributed by atoms with van der Waals surface area (Å²) in [5.74, 6) is -0.843. The average molecular weight is 401 g/mol. The molecule has 0 aliphatic carbocycles. The number of piperidine rings is 1. The van der Waals surface area contributed by atoms with Gasteiger partial charge in [-0.05, 0) is 31.9 Å². The van der Waals surface area contributed by atoms with E-state index in [1.54, 1.807) is 55.5 Å². The molecule has 148 valence electrons. The topological polar surface area (TPSA) is 83.6 Å². The first-order valence-electron chi connectivity index (χ1n) is 9.40. The lowest BCUT2D eigenvalue weighted by molar-refractivity contribution is -0.120. The SMILES string of the molecule is CCS(=O)(=O)N1CCC[C@H](C(=O)Nc2ccccc2C(=O)c2ccccc2)C1. The van der Waals surface area contributed by atoms with Gasteiger partial charge in [0.25, 0.3) is 0 Å². The molecule has 1 saturated heterocycles. The number of amides is 1. The Morgan fingerprint density at radius 1 is 1.07 bits per heavy atom. The third-order valence-electron chi connectivity index (χ3n) is 4.98. The van der Waals surface area contributed by atoms with Gasteiger partial charge < -0.3 is 5.32 Å². The minimum atomic E-state index is -3.32. The van der Waals surface area contributed by atoms with Crippen molar-refractivity contribution < 1.29 is 18.0 Å². The molecule has 1 amide bonds. The van der Waals surface area contributed by atoms with Crippen LogP contribution in [0.4, 0.5) is 5.69 Å². The Labute approximate surface area is 165 Å². The molecule has 1 heterocycles. The van der Waals surface area contributed by atoms with Crippen molar-refractivity contribution in [2.75, 3.05) is 24.2 Å². The first-order valence-corrected chi connectivity index (χ1v) is 11.0. The average Bonchev–Trinajstić information content (AvgIpc) is 2.74. The predicted molar refractivity (Wildman–Crippen MR) is 109 cm³/mol. The van der Waals surface area contributed by atoms with Gasteiger partial charge in [0.1, 0.15) is 0 Å². The smallest absolute Gasteiger partial charge is 0.228 e. The third-order valence-corrected chi connectivity index (χ3v) is 6.83. The van der Waals surface area contributed by atoms with Crippen LogP contribution in [0.3, 0.4) is 0 Å². The molecule has 1 aliphatic heterocycles. The molecule has 2 aromatic carbocycles. The van der Waals surface area contributed by atoms with Gasteiger partial charge in [0, 0.05) is 24.2 Å². The van der Waals surface area contributed by atoms with Crippen molar-refractivity contribution in [3.8, 4) is 0 Å². The summed E-state index contributed by atoms with van der Waals surface area (Å²) in [6.07, 6.45) is 1.26. The Hall–Kier alpha value is -2.51. The molecule has 1 aliphatic rings. The summed E-state index contributed by atoms with van der Waals surface area (Å²) in [6, 6.07) is 15.8. The highest BCUT2D eigenvalue weighted by Gasteiger charge is 2.31. The molecule has 1 N–H and O–H groups in total. The number of rotatable bonds is 6. The molecular weight excluding hydrogens is 376 g/mol. The maximum atomic E-state index is 12.8. The lowest BCUT2D eigenvalue weighted by Gasteiger charge is -2.31. The van der Waals surface area contributed by atoms with E-state index in [9.17, 15) is 18.0 Å². The standard InChI is InChI=1S/C21H24N2O4S/c1-2-28(26,27)23-14-8-11-17(15-23)21(25)22-19-13-7-6-12-18(19)20(24)16-9-4-3-5-10-16/h3-7,9-10,12-13,17H,2,8,11,14-15H2,1H3,(H,22,25)/t17-/m0/s1. The molecule has 6 nitrogen and oxygen atoms in total. The van der Waals surface area contributed by atoms with Gasteiger partial charge in [0.05, 0.1) is 17.4 Å². The van der Waals surface area contributed by atoms with Crippen LogP contribution in [0.1, 0.15) is 35.7 Å². The van der Waals surface area contributed by atoms with Crippen molar-refractivity contribution in [1.82, 2.24) is 4.31 Å². The van der Waals surface area contributed by atoms with Crippen molar-refractivity contribution in [1.29, 1.82) is 0 Å². The Balaban J connectivity index is 1.77. The molecule has 28 heavy (non-hydrogen) atoms. The normalized spacial score (nSPS) is 17.8. The van der Waals surface area contributed by atoms with E-state index in [-0.39, 0.29) is 24.0 Å². The summed E-state index contributed by atoms with van der Waals surface area (Å²) < 4.78 is 25.7. The molecule has 0 bridgehead atoms. The minimum absolute atomic E-state index is 0.0236. The van der Waals surface area contributed by atoms with Crippen molar-refractivity contribution in [2.24, 2.45) is 5.92 Å². The minimum Gasteiger partial charge on any atom is -0.325 e. The molecule has 3 rings (SSSR count). The van der Waals surface area contributed by atoms with Crippen LogP contribution in [-0.2, 0) is 14.8 Å². The molecule has 1 atom stereocenters. The predicted octanol–water partition coefficient (Wildman–Crippen LogP) is 2.92. The van der Waals surface area contributed by atoms with Crippen LogP contribution >= 0.6 is 0 Å². The van der Waals surface area contributed by atoms with Crippen molar-refractivity contribution in [3.05, 3.63) is 65.7 Å². The van der Waals surface area contributed by atoms with E-state index in [0.717, 1.165) is 0 Å². The number of nitrogens with zero attached hydrogens (tertiary/aromatic N) is 1. The van der Waals surface area contributed by atoms with E-state index in [1.807, 2.05) is 6.07 Å². The maximum Gasteiger partial charge on any atom is 0.228 e. The molecule has 1 fully saturated rings. The molecular formula is C21H24N2O4S. The second-order valence-corrected chi connectivity index (χ2v) is 9.09. The maximum absolute atomic E-state index is 12.8. The number of ketones is 1. The molecule has 0 unspecified atom stereocenters. The van der Waals surface area contributed by atoms with Crippen LogP contribution in [0, 0.1) is 5.92 Å². The van der Waals surface area contributed by atoms with Crippen LogP contribution < -0.4 is 5.32 Å². The van der Waals surface area contributed by atoms with Gasteiger partial charge in [0.15, 0.2) is 5.78 Å². The summed E-state index contributed by atoms with van der Waals surface area (Å²) in [5, 5.41) is 2.84. The number of anilines is 1. The number of hydrogen-bond acceptors (Lipinski definition) is 4. The Kier molecular flexibility index (Phi) is 6.26. The fraction of sp³-hybridized carbons (Fsp3) is 0.333. The summed E-state index contributed by atoms with van der Waals surface area (Å²) in [7, 11) is -3.32.